The largest absolute Gasteiger partial charge is 0.316 e. The number of nitro benzene ring substituents is 1. The second-order valence-corrected chi connectivity index (χ2v) is 8.86. The van der Waals surface area contributed by atoms with Crippen molar-refractivity contribution >= 4 is 29.0 Å². The van der Waals surface area contributed by atoms with Gasteiger partial charge in [-0.05, 0) is 50.2 Å². The molecule has 0 saturated carbocycles. The molecule has 0 saturated heterocycles. The Labute approximate surface area is 200 Å². The summed E-state index contributed by atoms with van der Waals surface area (Å²) in [6, 6.07) is 21.0. The molecule has 0 fully saturated rings. The Balaban J connectivity index is 1.64. The number of rotatable bonds is 6. The van der Waals surface area contributed by atoms with Gasteiger partial charge >= 0.3 is 0 Å². The summed E-state index contributed by atoms with van der Waals surface area (Å²) in [6.07, 6.45) is 0. The maximum absolute atomic E-state index is 13.1. The molecule has 1 aromatic heterocycles. The van der Waals surface area contributed by atoms with Gasteiger partial charge in [0, 0.05) is 23.6 Å². The zero-order valence-electron chi connectivity index (χ0n) is 18.8. The number of nitrogens with one attached hydrogen (secondary N) is 1. The Morgan fingerprint density at radius 1 is 1.00 bits per heavy atom. The van der Waals surface area contributed by atoms with Crippen LogP contribution >= 0.6 is 11.8 Å². The van der Waals surface area contributed by atoms with E-state index in [1.54, 1.807) is 36.9 Å². The number of carbonyl (C=O) groups is 1. The molecule has 3 aromatic carbocycles. The lowest BCUT2D eigenvalue weighted by atomic mass is 10.2. The highest BCUT2D eigenvalue weighted by molar-refractivity contribution is 7.99. The number of anilines is 1. The zero-order chi connectivity index (χ0) is 24.4. The topological polar surface area (TPSA) is 99.2 Å². The van der Waals surface area contributed by atoms with Gasteiger partial charge < -0.3 is 5.32 Å². The van der Waals surface area contributed by atoms with Crippen molar-refractivity contribution in [3.63, 3.8) is 0 Å². The molecule has 172 valence electrons. The van der Waals surface area contributed by atoms with Crippen molar-refractivity contribution < 1.29 is 9.72 Å². The van der Waals surface area contributed by atoms with E-state index in [-0.39, 0.29) is 22.5 Å². The van der Waals surface area contributed by atoms with Crippen molar-refractivity contribution in [2.45, 2.75) is 23.6 Å². The fourth-order valence-electron chi connectivity index (χ4n) is 3.52. The number of hydrogen-bond donors (Lipinski definition) is 1. The molecule has 0 aliphatic rings. The molecule has 0 radical (unpaired) electrons. The lowest BCUT2D eigenvalue weighted by Gasteiger charge is -2.07. The fourth-order valence-corrected chi connectivity index (χ4v) is 4.42. The van der Waals surface area contributed by atoms with Gasteiger partial charge in [-0.15, -0.1) is 0 Å². The molecule has 1 N–H and O–H groups in total. The van der Waals surface area contributed by atoms with Crippen LogP contribution in [0.5, 0.6) is 0 Å². The van der Waals surface area contributed by atoms with Crippen molar-refractivity contribution in [3.05, 3.63) is 110 Å². The third-order valence-corrected chi connectivity index (χ3v) is 6.53. The van der Waals surface area contributed by atoms with Crippen LogP contribution in [-0.4, -0.2) is 20.2 Å². The van der Waals surface area contributed by atoms with Gasteiger partial charge in [-0.25, -0.2) is 4.68 Å². The molecular weight excluding hydrogens is 452 g/mol. The van der Waals surface area contributed by atoms with E-state index in [1.807, 2.05) is 49.4 Å². The van der Waals surface area contributed by atoms with Gasteiger partial charge in [-0.2, -0.15) is 0 Å². The molecule has 34 heavy (non-hydrogen) atoms. The first-order valence-electron chi connectivity index (χ1n) is 10.4. The molecule has 1 amide bonds. The normalized spacial score (nSPS) is 10.8. The number of amides is 1. The number of para-hydroxylation sites is 1. The highest BCUT2D eigenvalue weighted by Crippen LogP contribution is 2.35. The van der Waals surface area contributed by atoms with E-state index in [1.165, 1.54) is 28.6 Å². The molecule has 4 aromatic rings. The highest BCUT2D eigenvalue weighted by Gasteiger charge is 2.22. The number of hydrogen-bond acceptors (Lipinski definition) is 5. The minimum atomic E-state index is -0.596. The van der Waals surface area contributed by atoms with E-state index >= 15 is 0 Å². The number of carbonyl (C=O) groups excluding carboxylic acids is 1. The number of aryl methyl sites for hydroxylation is 1. The third-order valence-electron chi connectivity index (χ3n) is 5.46. The second-order valence-electron chi connectivity index (χ2n) is 7.75. The van der Waals surface area contributed by atoms with Crippen LogP contribution in [0, 0.1) is 24.0 Å². The number of aromatic nitrogens is 2. The molecule has 8 nitrogen and oxygen atoms in total. The average Bonchev–Trinajstić information content (AvgIpc) is 3.04. The van der Waals surface area contributed by atoms with Crippen LogP contribution in [0.25, 0.3) is 5.69 Å². The maximum Gasteiger partial charge on any atom is 0.295 e. The standard InChI is InChI=1S/C25H22N4O4S/c1-16-9-12-20(13-10-16)34-22-14-11-18(15-21(22)29(32)33)24(30)26-23-17(2)27(3)28(25(23)31)19-7-5-4-6-8-19/h4-15H,1-3H3,(H,26,30). The van der Waals surface area contributed by atoms with Gasteiger partial charge in [0.15, 0.2) is 0 Å². The molecule has 0 aliphatic carbocycles. The van der Waals surface area contributed by atoms with Gasteiger partial charge in [-0.1, -0.05) is 47.7 Å². The molecule has 1 heterocycles. The first-order valence-corrected chi connectivity index (χ1v) is 11.3. The number of nitrogens with zero attached hydrogens (tertiary/aromatic N) is 3. The Morgan fingerprint density at radius 2 is 1.68 bits per heavy atom. The number of nitro groups is 1. The van der Waals surface area contributed by atoms with E-state index in [0.29, 0.717) is 16.3 Å². The Bertz CT molecular complexity index is 1440. The first kappa shape index (κ1) is 23.1. The monoisotopic (exact) mass is 474 g/mol. The van der Waals surface area contributed by atoms with E-state index < -0.39 is 10.8 Å². The smallest absolute Gasteiger partial charge is 0.295 e. The minimum absolute atomic E-state index is 0.0915. The molecule has 9 heteroatoms. The van der Waals surface area contributed by atoms with Gasteiger partial charge in [0.1, 0.15) is 5.69 Å². The van der Waals surface area contributed by atoms with Crippen molar-refractivity contribution in [2.24, 2.45) is 7.05 Å². The van der Waals surface area contributed by atoms with Gasteiger partial charge in [0.05, 0.1) is 21.2 Å². The lowest BCUT2D eigenvalue weighted by Crippen LogP contribution is -2.23. The summed E-state index contributed by atoms with van der Waals surface area (Å²) in [5.74, 6) is -0.596. The van der Waals surface area contributed by atoms with E-state index in [0.717, 1.165) is 10.5 Å². The molecular formula is C25H22N4O4S. The Hall–Kier alpha value is -4.11. The summed E-state index contributed by atoms with van der Waals surface area (Å²) in [5, 5.41) is 14.4. The second kappa shape index (κ2) is 9.40. The summed E-state index contributed by atoms with van der Waals surface area (Å²) in [7, 11) is 1.72. The molecule has 0 spiro atoms. The molecule has 0 aliphatic heterocycles. The minimum Gasteiger partial charge on any atom is -0.316 e. The molecule has 0 unspecified atom stereocenters. The van der Waals surface area contributed by atoms with Crippen molar-refractivity contribution in [2.75, 3.05) is 5.32 Å². The quantitative estimate of drug-likeness (QED) is 0.309. The highest BCUT2D eigenvalue weighted by atomic mass is 32.2. The average molecular weight is 475 g/mol. The van der Waals surface area contributed by atoms with Gasteiger partial charge in [0.2, 0.25) is 0 Å². The van der Waals surface area contributed by atoms with E-state index in [4.69, 9.17) is 0 Å². The maximum atomic E-state index is 13.1. The predicted molar refractivity (Wildman–Crippen MR) is 132 cm³/mol. The first-order chi connectivity index (χ1) is 16.3. The van der Waals surface area contributed by atoms with Crippen molar-refractivity contribution in [1.82, 2.24) is 9.36 Å². The van der Waals surface area contributed by atoms with Crippen molar-refractivity contribution in [3.8, 4) is 5.69 Å². The summed E-state index contributed by atoms with van der Waals surface area (Å²) < 4.78 is 3.10. The summed E-state index contributed by atoms with van der Waals surface area (Å²) >= 11 is 1.25. The fraction of sp³-hybridized carbons (Fsp3) is 0.120. The van der Waals surface area contributed by atoms with Gasteiger partial charge in [0.25, 0.3) is 17.2 Å². The Kier molecular flexibility index (Phi) is 6.38. The molecule has 0 bridgehead atoms. The number of benzene rings is 3. The van der Waals surface area contributed by atoms with Crippen LogP contribution < -0.4 is 10.9 Å². The lowest BCUT2D eigenvalue weighted by molar-refractivity contribution is -0.387. The van der Waals surface area contributed by atoms with Crippen molar-refractivity contribution in [1.29, 1.82) is 0 Å². The SMILES string of the molecule is Cc1ccc(Sc2ccc(C(=O)Nc3c(C)n(C)n(-c4ccccc4)c3=O)cc2[N+](=O)[O-])cc1. The Morgan fingerprint density at radius 3 is 2.32 bits per heavy atom. The van der Waals surface area contributed by atoms with Crippen LogP contribution in [0.3, 0.4) is 0 Å². The van der Waals surface area contributed by atoms with Gasteiger partial charge in [-0.3, -0.25) is 24.4 Å². The van der Waals surface area contributed by atoms with Crippen LogP contribution in [-0.2, 0) is 7.05 Å². The predicted octanol–water partition coefficient (Wildman–Crippen LogP) is 5.10. The van der Waals surface area contributed by atoms with E-state index in [2.05, 4.69) is 5.32 Å². The molecule has 0 atom stereocenters. The summed E-state index contributed by atoms with van der Waals surface area (Å²) in [5.41, 5.74) is 1.96. The summed E-state index contributed by atoms with van der Waals surface area (Å²) in [6.45, 7) is 3.69. The van der Waals surface area contributed by atoms with Crippen LogP contribution in [0.1, 0.15) is 21.6 Å². The zero-order valence-corrected chi connectivity index (χ0v) is 19.6. The summed E-state index contributed by atoms with van der Waals surface area (Å²) in [4.78, 5) is 38.5. The van der Waals surface area contributed by atoms with Crippen LogP contribution in [0.4, 0.5) is 11.4 Å². The third kappa shape index (κ3) is 4.51. The van der Waals surface area contributed by atoms with Crippen LogP contribution in [0.2, 0.25) is 0 Å². The van der Waals surface area contributed by atoms with E-state index in [9.17, 15) is 19.7 Å². The van der Waals surface area contributed by atoms with Crippen LogP contribution in [0.15, 0.2) is 87.4 Å². The molecule has 4 rings (SSSR count).